The Morgan fingerprint density at radius 3 is 2.39 bits per heavy atom. The Labute approximate surface area is 184 Å². The van der Waals surface area contributed by atoms with E-state index in [0.29, 0.717) is 18.4 Å². The first-order valence-corrected chi connectivity index (χ1v) is 10.7. The van der Waals surface area contributed by atoms with E-state index in [9.17, 15) is 19.5 Å². The molecule has 1 aromatic rings. The first-order chi connectivity index (χ1) is 14.6. The van der Waals surface area contributed by atoms with E-state index < -0.39 is 29.7 Å². The third kappa shape index (κ3) is 10.7. The molecule has 2 N–H and O–H groups in total. The van der Waals surface area contributed by atoms with Gasteiger partial charge in [-0.05, 0) is 51.3 Å². The SMILES string of the molecule is CCCCOC(=O)[C@H](Cc1ccc(O)c(OC(=O)CCCC)c1)NC(=O)OC(C)(C)C. The zero-order valence-electron chi connectivity index (χ0n) is 19.2. The quantitative estimate of drug-likeness (QED) is 0.302. The molecule has 0 fully saturated rings. The van der Waals surface area contributed by atoms with Crippen LogP contribution in [0.3, 0.4) is 0 Å². The first-order valence-electron chi connectivity index (χ1n) is 10.7. The summed E-state index contributed by atoms with van der Waals surface area (Å²) >= 11 is 0. The number of rotatable bonds is 11. The molecule has 0 aliphatic carbocycles. The normalized spacial score (nSPS) is 12.0. The summed E-state index contributed by atoms with van der Waals surface area (Å²) in [7, 11) is 0. The Morgan fingerprint density at radius 2 is 1.77 bits per heavy atom. The number of carbonyl (C=O) groups is 3. The van der Waals surface area contributed by atoms with Crippen molar-refractivity contribution in [2.24, 2.45) is 0 Å². The predicted octanol–water partition coefficient (Wildman–Crippen LogP) is 4.27. The number of phenolic OH excluding ortho intramolecular Hbond substituents is 1. The molecule has 0 saturated heterocycles. The molecule has 0 heterocycles. The highest BCUT2D eigenvalue weighted by Crippen LogP contribution is 2.28. The van der Waals surface area contributed by atoms with E-state index in [1.165, 1.54) is 12.1 Å². The van der Waals surface area contributed by atoms with Crippen molar-refractivity contribution in [3.63, 3.8) is 0 Å². The second kappa shape index (κ2) is 12.8. The molecule has 8 nitrogen and oxygen atoms in total. The number of benzene rings is 1. The molecule has 0 saturated carbocycles. The molecule has 8 heteroatoms. The van der Waals surface area contributed by atoms with Gasteiger partial charge in [-0.2, -0.15) is 0 Å². The highest BCUT2D eigenvalue weighted by Gasteiger charge is 2.26. The first kappa shape index (κ1) is 26.3. The van der Waals surface area contributed by atoms with Gasteiger partial charge in [0.15, 0.2) is 11.5 Å². The molecule has 0 spiro atoms. The van der Waals surface area contributed by atoms with Crippen molar-refractivity contribution in [3.8, 4) is 11.5 Å². The molecule has 0 bridgehead atoms. The Morgan fingerprint density at radius 1 is 1.10 bits per heavy atom. The molecule has 0 aromatic heterocycles. The fourth-order valence-electron chi connectivity index (χ4n) is 2.56. The number of carbonyl (C=O) groups excluding carboxylic acids is 3. The summed E-state index contributed by atoms with van der Waals surface area (Å²) in [5, 5.41) is 12.6. The number of aromatic hydroxyl groups is 1. The molecule has 1 aromatic carbocycles. The van der Waals surface area contributed by atoms with Crippen LogP contribution in [-0.2, 0) is 25.5 Å². The maximum absolute atomic E-state index is 12.5. The lowest BCUT2D eigenvalue weighted by atomic mass is 10.1. The summed E-state index contributed by atoms with van der Waals surface area (Å²) in [6.45, 7) is 9.35. The number of phenols is 1. The highest BCUT2D eigenvalue weighted by molar-refractivity contribution is 5.82. The number of unbranched alkanes of at least 4 members (excludes halogenated alkanes) is 2. The average Bonchev–Trinajstić information content (AvgIpc) is 2.67. The molecule has 0 aliphatic rings. The molecular formula is C23H35NO7. The summed E-state index contributed by atoms with van der Waals surface area (Å²) in [6, 6.07) is 3.44. The number of ether oxygens (including phenoxy) is 3. The van der Waals surface area contributed by atoms with Crippen LogP contribution in [0.2, 0.25) is 0 Å². The summed E-state index contributed by atoms with van der Waals surface area (Å²) in [6.07, 6.45) is 2.68. The number of amides is 1. The van der Waals surface area contributed by atoms with Crippen molar-refractivity contribution in [1.82, 2.24) is 5.32 Å². The van der Waals surface area contributed by atoms with E-state index in [2.05, 4.69) is 5.32 Å². The lowest BCUT2D eigenvalue weighted by Crippen LogP contribution is -2.45. The number of alkyl carbamates (subject to hydrolysis) is 1. The molecule has 31 heavy (non-hydrogen) atoms. The minimum Gasteiger partial charge on any atom is -0.504 e. The zero-order chi connectivity index (χ0) is 23.4. The Balaban J connectivity index is 2.95. The van der Waals surface area contributed by atoms with E-state index >= 15 is 0 Å². The maximum atomic E-state index is 12.5. The summed E-state index contributed by atoms with van der Waals surface area (Å²) in [5.74, 6) is -1.21. The third-order valence-electron chi connectivity index (χ3n) is 4.14. The van der Waals surface area contributed by atoms with Gasteiger partial charge in [-0.3, -0.25) is 4.79 Å². The van der Waals surface area contributed by atoms with Crippen molar-refractivity contribution in [3.05, 3.63) is 23.8 Å². The topological polar surface area (TPSA) is 111 Å². The molecule has 0 aliphatic heterocycles. The van der Waals surface area contributed by atoms with E-state index in [1.54, 1.807) is 26.8 Å². The third-order valence-corrected chi connectivity index (χ3v) is 4.14. The Bertz CT molecular complexity index is 740. The van der Waals surface area contributed by atoms with Gasteiger partial charge in [-0.1, -0.05) is 32.8 Å². The van der Waals surface area contributed by atoms with Crippen molar-refractivity contribution in [2.75, 3.05) is 6.61 Å². The summed E-state index contributed by atoms with van der Waals surface area (Å²) in [5.41, 5.74) is -0.149. The largest absolute Gasteiger partial charge is 0.504 e. The lowest BCUT2D eigenvalue weighted by molar-refractivity contribution is -0.146. The van der Waals surface area contributed by atoms with Crippen LogP contribution >= 0.6 is 0 Å². The van der Waals surface area contributed by atoms with E-state index in [4.69, 9.17) is 14.2 Å². The van der Waals surface area contributed by atoms with E-state index in [0.717, 1.165) is 12.8 Å². The van der Waals surface area contributed by atoms with Gasteiger partial charge >= 0.3 is 18.0 Å². The van der Waals surface area contributed by atoms with Gasteiger partial charge in [-0.15, -0.1) is 0 Å². The van der Waals surface area contributed by atoms with E-state index in [1.807, 2.05) is 13.8 Å². The fraction of sp³-hybridized carbons (Fsp3) is 0.609. The van der Waals surface area contributed by atoms with Crippen LogP contribution in [0.25, 0.3) is 0 Å². The number of esters is 2. The van der Waals surface area contributed by atoms with Gasteiger partial charge in [-0.25, -0.2) is 9.59 Å². The molecular weight excluding hydrogens is 402 g/mol. The second-order valence-corrected chi connectivity index (χ2v) is 8.30. The van der Waals surface area contributed by atoms with Crippen molar-refractivity contribution in [2.45, 2.75) is 84.8 Å². The van der Waals surface area contributed by atoms with Gasteiger partial charge < -0.3 is 24.6 Å². The monoisotopic (exact) mass is 437 g/mol. The summed E-state index contributed by atoms with van der Waals surface area (Å²) in [4.78, 5) is 36.7. The molecule has 0 unspecified atom stereocenters. The number of hydrogen-bond acceptors (Lipinski definition) is 7. The van der Waals surface area contributed by atoms with Crippen LogP contribution in [0.4, 0.5) is 4.79 Å². The minimum absolute atomic E-state index is 0.00831. The molecule has 1 atom stereocenters. The van der Waals surface area contributed by atoms with Crippen molar-refractivity contribution in [1.29, 1.82) is 0 Å². The van der Waals surface area contributed by atoms with Gasteiger partial charge in [0, 0.05) is 12.8 Å². The van der Waals surface area contributed by atoms with E-state index in [-0.39, 0.29) is 30.9 Å². The Kier molecular flexibility index (Phi) is 10.9. The van der Waals surface area contributed by atoms with Gasteiger partial charge in [0.2, 0.25) is 0 Å². The van der Waals surface area contributed by atoms with Crippen LogP contribution in [-0.4, -0.2) is 41.4 Å². The standard InChI is InChI=1S/C23H35NO7/c1-6-8-10-20(26)30-19-15-16(11-12-18(19)25)14-17(21(27)29-13-9-7-2)24-22(28)31-23(3,4)5/h11-12,15,17,25H,6-10,13-14H2,1-5H3,(H,24,28)/t17-/m0/s1. The fourth-order valence-corrected chi connectivity index (χ4v) is 2.56. The van der Waals surface area contributed by atoms with Crippen LogP contribution in [0.5, 0.6) is 11.5 Å². The predicted molar refractivity (Wildman–Crippen MR) is 116 cm³/mol. The van der Waals surface area contributed by atoms with Crippen LogP contribution in [0, 0.1) is 0 Å². The van der Waals surface area contributed by atoms with Crippen LogP contribution in [0.1, 0.15) is 72.3 Å². The maximum Gasteiger partial charge on any atom is 0.408 e. The van der Waals surface area contributed by atoms with Crippen molar-refractivity contribution >= 4 is 18.0 Å². The average molecular weight is 438 g/mol. The van der Waals surface area contributed by atoms with Crippen LogP contribution in [0.15, 0.2) is 18.2 Å². The summed E-state index contributed by atoms with van der Waals surface area (Å²) < 4.78 is 15.8. The minimum atomic E-state index is -1.00. The zero-order valence-corrected chi connectivity index (χ0v) is 19.2. The Hall–Kier alpha value is -2.77. The molecule has 174 valence electrons. The molecule has 1 rings (SSSR count). The second-order valence-electron chi connectivity index (χ2n) is 8.30. The molecule has 0 radical (unpaired) electrons. The van der Waals surface area contributed by atoms with Gasteiger partial charge in [0.1, 0.15) is 11.6 Å². The number of nitrogens with one attached hydrogen (secondary N) is 1. The smallest absolute Gasteiger partial charge is 0.408 e. The van der Waals surface area contributed by atoms with Gasteiger partial charge in [0.25, 0.3) is 0 Å². The molecule has 1 amide bonds. The van der Waals surface area contributed by atoms with Gasteiger partial charge in [0.05, 0.1) is 6.61 Å². The van der Waals surface area contributed by atoms with Crippen molar-refractivity contribution < 1.29 is 33.7 Å². The number of hydrogen-bond donors (Lipinski definition) is 2. The lowest BCUT2D eigenvalue weighted by Gasteiger charge is -2.23. The highest BCUT2D eigenvalue weighted by atomic mass is 16.6. The van der Waals surface area contributed by atoms with Crippen LogP contribution < -0.4 is 10.1 Å².